The molecule has 0 aliphatic heterocycles. The normalized spacial score (nSPS) is 11.8. The summed E-state index contributed by atoms with van der Waals surface area (Å²) in [6, 6.07) is 2.28. The largest absolute Gasteiger partial charge is 0.480 e. The van der Waals surface area contributed by atoms with Gasteiger partial charge in [-0.05, 0) is 18.6 Å². The maximum Gasteiger partial charge on any atom is 0.326 e. The molecule has 0 unspecified atom stereocenters. The van der Waals surface area contributed by atoms with E-state index in [9.17, 15) is 9.59 Å². The number of nitrogens with zero attached hydrogens (tertiary/aromatic N) is 1. The Kier molecular flexibility index (Phi) is 5.13. The molecule has 0 saturated heterocycles. The number of rotatable bonds is 6. The van der Waals surface area contributed by atoms with Gasteiger partial charge in [0, 0.05) is 18.0 Å². The second-order valence-corrected chi connectivity index (χ2v) is 3.74. The molecule has 1 atom stereocenters. The topological polar surface area (TPSA) is 79.3 Å². The summed E-state index contributed by atoms with van der Waals surface area (Å²) in [4.78, 5) is 26.5. The summed E-state index contributed by atoms with van der Waals surface area (Å²) in [6.45, 7) is 1.98. The van der Waals surface area contributed by atoms with E-state index in [4.69, 9.17) is 5.11 Å². The van der Waals surface area contributed by atoms with Gasteiger partial charge >= 0.3 is 5.97 Å². The minimum absolute atomic E-state index is 0.379. The van der Waals surface area contributed by atoms with Crippen molar-refractivity contribution in [2.24, 2.45) is 0 Å². The van der Waals surface area contributed by atoms with Crippen LogP contribution in [0.3, 0.4) is 0 Å². The Morgan fingerprint density at radius 3 is 2.59 bits per heavy atom. The van der Waals surface area contributed by atoms with Crippen molar-refractivity contribution in [3.8, 4) is 0 Å². The van der Waals surface area contributed by atoms with Gasteiger partial charge in [-0.2, -0.15) is 0 Å². The van der Waals surface area contributed by atoms with Crippen LogP contribution in [-0.2, 0) is 4.79 Å². The molecule has 0 aliphatic carbocycles. The zero-order valence-corrected chi connectivity index (χ0v) is 9.72. The van der Waals surface area contributed by atoms with Crippen LogP contribution in [0.15, 0.2) is 24.5 Å². The molecule has 1 rings (SSSR count). The van der Waals surface area contributed by atoms with Crippen molar-refractivity contribution < 1.29 is 14.7 Å². The quantitative estimate of drug-likeness (QED) is 0.783. The predicted octanol–water partition coefficient (Wildman–Crippen LogP) is 1.45. The van der Waals surface area contributed by atoms with Gasteiger partial charge in [-0.15, -0.1) is 0 Å². The van der Waals surface area contributed by atoms with Gasteiger partial charge in [0.25, 0.3) is 5.91 Å². The molecule has 0 aliphatic rings. The fourth-order valence-electron chi connectivity index (χ4n) is 1.41. The summed E-state index contributed by atoms with van der Waals surface area (Å²) in [5.41, 5.74) is 0.419. The molecule has 0 saturated carbocycles. The summed E-state index contributed by atoms with van der Waals surface area (Å²) in [6.07, 6.45) is 5.11. The van der Waals surface area contributed by atoms with Crippen LogP contribution in [-0.4, -0.2) is 28.0 Å². The molecule has 92 valence electrons. The molecule has 5 heteroatoms. The number of carbonyl (C=O) groups excluding carboxylic acids is 1. The highest BCUT2D eigenvalue weighted by Crippen LogP contribution is 2.03. The number of unbranched alkanes of at least 4 members (excludes halogenated alkanes) is 1. The van der Waals surface area contributed by atoms with Crippen LogP contribution >= 0.6 is 0 Å². The van der Waals surface area contributed by atoms with Crippen molar-refractivity contribution in [3.05, 3.63) is 30.1 Å². The zero-order chi connectivity index (χ0) is 12.7. The number of carboxylic acids is 1. The first-order valence-corrected chi connectivity index (χ1v) is 5.58. The fourth-order valence-corrected chi connectivity index (χ4v) is 1.41. The highest BCUT2D eigenvalue weighted by Gasteiger charge is 2.19. The second kappa shape index (κ2) is 6.62. The number of aromatic nitrogens is 1. The molecule has 0 spiro atoms. The Balaban J connectivity index is 2.61. The summed E-state index contributed by atoms with van der Waals surface area (Å²) >= 11 is 0. The maximum absolute atomic E-state index is 11.7. The van der Waals surface area contributed by atoms with E-state index in [1.165, 1.54) is 12.4 Å². The Labute approximate surface area is 99.9 Å². The third-order valence-electron chi connectivity index (χ3n) is 2.39. The van der Waals surface area contributed by atoms with Gasteiger partial charge in [-0.25, -0.2) is 4.79 Å². The number of hydrogen-bond donors (Lipinski definition) is 2. The van der Waals surface area contributed by atoms with E-state index >= 15 is 0 Å². The van der Waals surface area contributed by atoms with Gasteiger partial charge in [-0.1, -0.05) is 19.8 Å². The predicted molar refractivity (Wildman–Crippen MR) is 62.7 cm³/mol. The molecule has 0 fully saturated rings. The summed E-state index contributed by atoms with van der Waals surface area (Å²) in [5.74, 6) is -1.38. The first kappa shape index (κ1) is 13.2. The van der Waals surface area contributed by atoms with Gasteiger partial charge in [0.2, 0.25) is 0 Å². The molecule has 1 aromatic heterocycles. The van der Waals surface area contributed by atoms with Gasteiger partial charge in [-0.3, -0.25) is 9.78 Å². The van der Waals surface area contributed by atoms with Gasteiger partial charge in [0.1, 0.15) is 6.04 Å². The molecule has 0 bridgehead atoms. The number of nitrogens with one attached hydrogen (secondary N) is 1. The Morgan fingerprint density at radius 1 is 1.41 bits per heavy atom. The summed E-state index contributed by atoms with van der Waals surface area (Å²) in [5, 5.41) is 11.5. The van der Waals surface area contributed by atoms with Crippen LogP contribution in [0, 0.1) is 0 Å². The number of amides is 1. The second-order valence-electron chi connectivity index (χ2n) is 3.74. The van der Waals surface area contributed by atoms with Crippen molar-refractivity contribution in [3.63, 3.8) is 0 Å². The highest BCUT2D eigenvalue weighted by molar-refractivity contribution is 5.96. The highest BCUT2D eigenvalue weighted by atomic mass is 16.4. The van der Waals surface area contributed by atoms with E-state index in [1.807, 2.05) is 6.92 Å². The Morgan fingerprint density at radius 2 is 2.06 bits per heavy atom. The third kappa shape index (κ3) is 4.22. The number of hydrogen-bond acceptors (Lipinski definition) is 3. The smallest absolute Gasteiger partial charge is 0.326 e. The minimum Gasteiger partial charge on any atom is -0.480 e. The first-order valence-electron chi connectivity index (χ1n) is 5.58. The molecular formula is C12H16N2O3. The van der Waals surface area contributed by atoms with E-state index in [0.29, 0.717) is 12.0 Å². The average Bonchev–Trinajstić information content (AvgIpc) is 2.35. The number of carboxylic acid groups (broad SMARTS) is 1. The van der Waals surface area contributed by atoms with Gasteiger partial charge in [0.05, 0.1) is 0 Å². The van der Waals surface area contributed by atoms with Gasteiger partial charge in [0.15, 0.2) is 0 Å². The molecule has 1 amide bonds. The fraction of sp³-hybridized carbons (Fsp3) is 0.417. The number of aliphatic carboxylic acids is 1. The zero-order valence-electron chi connectivity index (χ0n) is 9.72. The van der Waals surface area contributed by atoms with Crippen LogP contribution in [0.4, 0.5) is 0 Å². The molecule has 5 nitrogen and oxygen atoms in total. The molecule has 1 aromatic rings. The third-order valence-corrected chi connectivity index (χ3v) is 2.39. The molecule has 1 heterocycles. The van der Waals surface area contributed by atoms with Crippen LogP contribution in [0.2, 0.25) is 0 Å². The Hall–Kier alpha value is -1.91. The van der Waals surface area contributed by atoms with Crippen molar-refractivity contribution in [2.75, 3.05) is 0 Å². The van der Waals surface area contributed by atoms with E-state index in [0.717, 1.165) is 12.8 Å². The van der Waals surface area contributed by atoms with E-state index in [2.05, 4.69) is 10.3 Å². The SMILES string of the molecule is CCCC[C@H](NC(=O)c1ccncc1)C(=O)O. The van der Waals surface area contributed by atoms with Crippen molar-refractivity contribution >= 4 is 11.9 Å². The molecular weight excluding hydrogens is 220 g/mol. The van der Waals surface area contributed by atoms with Crippen LogP contribution < -0.4 is 5.32 Å². The number of pyridine rings is 1. The van der Waals surface area contributed by atoms with Crippen LogP contribution in [0.1, 0.15) is 36.5 Å². The van der Waals surface area contributed by atoms with Gasteiger partial charge < -0.3 is 10.4 Å². The number of carbonyl (C=O) groups is 2. The Bertz CT molecular complexity index is 379. The lowest BCUT2D eigenvalue weighted by molar-refractivity contribution is -0.139. The molecule has 2 N–H and O–H groups in total. The lowest BCUT2D eigenvalue weighted by atomic mass is 10.1. The lowest BCUT2D eigenvalue weighted by Crippen LogP contribution is -2.40. The maximum atomic E-state index is 11.7. The van der Waals surface area contributed by atoms with Crippen molar-refractivity contribution in [1.29, 1.82) is 0 Å². The van der Waals surface area contributed by atoms with Crippen LogP contribution in [0.5, 0.6) is 0 Å². The summed E-state index contributed by atoms with van der Waals surface area (Å²) in [7, 11) is 0. The first-order chi connectivity index (χ1) is 8.15. The van der Waals surface area contributed by atoms with Crippen LogP contribution in [0.25, 0.3) is 0 Å². The molecule has 17 heavy (non-hydrogen) atoms. The molecule has 0 aromatic carbocycles. The van der Waals surface area contributed by atoms with E-state index in [-0.39, 0.29) is 5.91 Å². The van der Waals surface area contributed by atoms with E-state index in [1.54, 1.807) is 12.1 Å². The van der Waals surface area contributed by atoms with Crippen molar-refractivity contribution in [2.45, 2.75) is 32.2 Å². The molecule has 0 radical (unpaired) electrons. The average molecular weight is 236 g/mol. The summed E-state index contributed by atoms with van der Waals surface area (Å²) < 4.78 is 0. The van der Waals surface area contributed by atoms with Crippen molar-refractivity contribution in [1.82, 2.24) is 10.3 Å². The monoisotopic (exact) mass is 236 g/mol. The van der Waals surface area contributed by atoms with E-state index < -0.39 is 12.0 Å². The minimum atomic E-state index is -0.999. The standard InChI is InChI=1S/C12H16N2O3/c1-2-3-4-10(12(16)17)14-11(15)9-5-7-13-8-6-9/h5-8,10H,2-4H2,1H3,(H,14,15)(H,16,17)/t10-/m0/s1. The lowest BCUT2D eigenvalue weighted by Gasteiger charge is -2.13.